The summed E-state index contributed by atoms with van der Waals surface area (Å²) < 4.78 is 27.2. The monoisotopic (exact) mass is 248 g/mol. The summed E-state index contributed by atoms with van der Waals surface area (Å²) in [7, 11) is -3.62. The van der Waals surface area contributed by atoms with Gasteiger partial charge in [0.05, 0.1) is 5.41 Å². The molecule has 16 heavy (non-hydrogen) atoms. The minimum Gasteiger partial charge on any atom is -0.314 e. The molecule has 1 aromatic carbocycles. The van der Waals surface area contributed by atoms with Crippen LogP contribution in [0.3, 0.4) is 0 Å². The second-order valence-corrected chi connectivity index (χ2v) is 4.56. The second-order valence-electron chi connectivity index (χ2n) is 3.11. The molecule has 1 atom stereocenters. The smallest absolute Gasteiger partial charge is 0.314 e. The summed E-state index contributed by atoms with van der Waals surface area (Å²) in [6.45, 7) is 5.01. The molecule has 0 heterocycles. The predicted molar refractivity (Wildman–Crippen MR) is 60.3 cm³/mol. The Morgan fingerprint density at radius 2 is 1.88 bits per heavy atom. The molecule has 3 nitrogen and oxygen atoms in total. The summed E-state index contributed by atoms with van der Waals surface area (Å²) in [6, 6.07) is 9.13. The van der Waals surface area contributed by atoms with Gasteiger partial charge in [0, 0.05) is 0 Å². The van der Waals surface area contributed by atoms with Crippen LogP contribution in [0.15, 0.2) is 35.7 Å². The average Bonchev–Trinajstić information content (AvgIpc) is 2.15. The van der Waals surface area contributed by atoms with Crippen LogP contribution in [-0.4, -0.2) is 14.5 Å². The molecule has 0 aliphatic rings. The molecule has 0 amide bonds. The first-order valence-electron chi connectivity index (χ1n) is 4.49. The number of hydrogen-bond acceptors (Lipinski definition) is 3. The molecule has 1 aromatic rings. The molecule has 5 heteroatoms. The van der Waals surface area contributed by atoms with Crippen LogP contribution in [0.4, 0.5) is 0 Å². The van der Waals surface area contributed by atoms with Crippen molar-refractivity contribution in [1.82, 2.24) is 0 Å². The zero-order valence-corrected chi connectivity index (χ0v) is 12.3. The molecule has 0 aliphatic heterocycles. The van der Waals surface area contributed by atoms with Crippen LogP contribution in [0.5, 0.6) is 0 Å². The molecular weight excluding hydrogens is 235 g/mol. The Hall–Kier alpha value is -0.130. The summed E-state index contributed by atoms with van der Waals surface area (Å²) in [6.07, 6.45) is 0.896. The summed E-state index contributed by atoms with van der Waals surface area (Å²) >= 11 is 0. The van der Waals surface area contributed by atoms with Crippen LogP contribution in [0.1, 0.15) is 12.5 Å². The van der Waals surface area contributed by atoms with Gasteiger partial charge in [0.1, 0.15) is 0 Å². The first kappa shape index (κ1) is 15.9. The Kier molecular flexibility index (Phi) is 7.19. The fourth-order valence-corrected chi connectivity index (χ4v) is 1.83. The topological polar surface area (TPSA) is 43.4 Å². The summed E-state index contributed by atoms with van der Waals surface area (Å²) in [5.41, 5.74) is 0.807. The van der Waals surface area contributed by atoms with Gasteiger partial charge in [-0.3, -0.25) is 4.18 Å². The quantitative estimate of drug-likeness (QED) is 0.399. The number of benzene rings is 1. The van der Waals surface area contributed by atoms with Crippen LogP contribution in [0.2, 0.25) is 0 Å². The number of rotatable bonds is 4. The van der Waals surface area contributed by atoms with Crippen LogP contribution < -0.4 is 29.6 Å². The van der Waals surface area contributed by atoms with E-state index in [2.05, 4.69) is 11.1 Å². The first-order chi connectivity index (χ1) is 6.99. The molecule has 0 bridgehead atoms. The fraction of sp³-hybridized carbons (Fsp3) is 0.182. The van der Waals surface area contributed by atoms with Gasteiger partial charge in [-0.25, -0.2) is 0 Å². The Labute approximate surface area is 119 Å². The predicted octanol–water partition coefficient (Wildman–Crippen LogP) is -0.770. The van der Waals surface area contributed by atoms with Gasteiger partial charge in [0.25, 0.3) is 10.1 Å². The van der Waals surface area contributed by atoms with Gasteiger partial charge in [-0.05, 0) is 17.7 Å². The largest absolute Gasteiger partial charge is 1.00 e. The normalized spacial score (nSPS) is 13.4. The van der Waals surface area contributed by atoms with E-state index in [9.17, 15) is 8.42 Å². The maximum atomic E-state index is 11.3. The summed E-state index contributed by atoms with van der Waals surface area (Å²) in [4.78, 5) is 0. The molecule has 1 rings (SSSR count). The summed E-state index contributed by atoms with van der Waals surface area (Å²) in [5, 5.41) is 1.03. The molecular formula is C11H13NaO3S. The Morgan fingerprint density at radius 1 is 1.31 bits per heavy atom. The van der Waals surface area contributed by atoms with Gasteiger partial charge in [-0.1, -0.05) is 37.3 Å². The molecule has 1 unspecified atom stereocenters. The second kappa shape index (κ2) is 7.25. The van der Waals surface area contributed by atoms with Crippen molar-refractivity contribution in [2.24, 2.45) is 0 Å². The Morgan fingerprint density at radius 3 is 2.38 bits per heavy atom. The maximum absolute atomic E-state index is 11.3. The van der Waals surface area contributed by atoms with Crippen molar-refractivity contribution < 1.29 is 42.2 Å². The standard InChI is InChI=1S/C11H13O3S.Na/c1-10(2)14-15(12,13)9-8-11-6-4-3-5-7-11;/h3-10H,1H2,2H3;/q-1;+1. The Bertz CT molecular complexity index is 424. The molecule has 0 fully saturated rings. The van der Waals surface area contributed by atoms with Crippen molar-refractivity contribution in [3.63, 3.8) is 0 Å². The third-order valence-corrected chi connectivity index (χ3v) is 2.59. The van der Waals surface area contributed by atoms with Crippen molar-refractivity contribution in [2.45, 2.75) is 13.0 Å². The first-order valence-corrected chi connectivity index (χ1v) is 5.96. The van der Waals surface area contributed by atoms with Crippen LogP contribution in [-0.2, 0) is 14.3 Å². The van der Waals surface area contributed by atoms with Gasteiger partial charge < -0.3 is 6.92 Å². The van der Waals surface area contributed by atoms with E-state index in [4.69, 9.17) is 0 Å². The number of hydrogen-bond donors (Lipinski definition) is 0. The van der Waals surface area contributed by atoms with Crippen molar-refractivity contribution >= 4 is 16.2 Å². The van der Waals surface area contributed by atoms with Gasteiger partial charge in [-0.15, -0.1) is 0 Å². The molecule has 82 valence electrons. The SMILES string of the molecule is [CH2-]C(C)OS(=O)(=O)C=Cc1ccccc1.[Na+]. The van der Waals surface area contributed by atoms with Crippen LogP contribution in [0, 0.1) is 6.92 Å². The van der Waals surface area contributed by atoms with Gasteiger partial charge >= 0.3 is 29.6 Å². The molecule has 0 spiro atoms. The molecule has 0 N–H and O–H groups in total. The average molecular weight is 248 g/mol. The third kappa shape index (κ3) is 6.45. The minimum atomic E-state index is -3.62. The van der Waals surface area contributed by atoms with Gasteiger partial charge in [0.2, 0.25) is 0 Å². The van der Waals surface area contributed by atoms with E-state index in [-0.39, 0.29) is 29.6 Å². The Balaban J connectivity index is 0.00000225. The van der Waals surface area contributed by atoms with Crippen LogP contribution >= 0.6 is 0 Å². The maximum Gasteiger partial charge on any atom is 1.00 e. The van der Waals surface area contributed by atoms with E-state index in [1.165, 1.54) is 6.08 Å². The van der Waals surface area contributed by atoms with Crippen LogP contribution in [0.25, 0.3) is 6.08 Å². The van der Waals surface area contributed by atoms with E-state index in [1.54, 1.807) is 19.1 Å². The van der Waals surface area contributed by atoms with E-state index in [0.717, 1.165) is 11.0 Å². The van der Waals surface area contributed by atoms with E-state index >= 15 is 0 Å². The van der Waals surface area contributed by atoms with E-state index in [1.807, 2.05) is 18.2 Å². The fourth-order valence-electron chi connectivity index (χ4n) is 0.987. The zero-order valence-electron chi connectivity index (χ0n) is 9.46. The molecule has 0 aromatic heterocycles. The molecule has 0 saturated carbocycles. The van der Waals surface area contributed by atoms with Crippen molar-refractivity contribution in [3.8, 4) is 0 Å². The van der Waals surface area contributed by atoms with Gasteiger partial charge in [0.15, 0.2) is 0 Å². The summed E-state index contributed by atoms with van der Waals surface area (Å²) in [5.74, 6) is 0. The van der Waals surface area contributed by atoms with Crippen molar-refractivity contribution in [2.75, 3.05) is 0 Å². The van der Waals surface area contributed by atoms with E-state index < -0.39 is 16.2 Å². The zero-order chi connectivity index (χ0) is 11.3. The minimum absolute atomic E-state index is 0. The van der Waals surface area contributed by atoms with Crippen molar-refractivity contribution in [1.29, 1.82) is 0 Å². The molecule has 0 radical (unpaired) electrons. The third-order valence-electron chi connectivity index (χ3n) is 1.53. The molecule has 0 aliphatic carbocycles. The molecule has 0 saturated heterocycles. The van der Waals surface area contributed by atoms with E-state index in [0.29, 0.717) is 0 Å². The van der Waals surface area contributed by atoms with Crippen molar-refractivity contribution in [3.05, 3.63) is 48.2 Å². The van der Waals surface area contributed by atoms with Gasteiger partial charge in [-0.2, -0.15) is 8.42 Å².